The van der Waals surface area contributed by atoms with Gasteiger partial charge >= 0.3 is 11.9 Å². The standard InChI is InChI=1S/C23H28O5.C8H9NO2/c1-2-3-4-5-6-17-27-20-14-10-19(11-15-20)23(26)28-21-12-7-18(8-13-21)9-16-22(24)25;1-11-7-4-2-6(3-5-7)8(9)10/h7-8,10-15H,2-6,9,16-17H2,1H3,(H,24,25);2-5H,1H3,(H2,9,10). The van der Waals surface area contributed by atoms with Crippen LogP contribution in [0.3, 0.4) is 0 Å². The zero-order valence-electron chi connectivity index (χ0n) is 22.6. The second-order valence-electron chi connectivity index (χ2n) is 8.81. The van der Waals surface area contributed by atoms with Gasteiger partial charge in [0, 0.05) is 12.0 Å². The number of ether oxygens (including phenoxy) is 3. The molecule has 8 nitrogen and oxygen atoms in total. The quantitative estimate of drug-likeness (QED) is 0.146. The molecule has 0 aliphatic heterocycles. The molecule has 0 unspecified atom stereocenters. The summed E-state index contributed by atoms with van der Waals surface area (Å²) in [7, 11) is 1.57. The lowest BCUT2D eigenvalue weighted by Crippen LogP contribution is -2.10. The molecular weight excluding hydrogens is 498 g/mol. The molecule has 3 N–H and O–H groups in total. The number of carboxylic acid groups (broad SMARTS) is 1. The summed E-state index contributed by atoms with van der Waals surface area (Å²) in [4.78, 5) is 33.4. The molecule has 0 aliphatic carbocycles. The molecule has 0 bridgehead atoms. The number of hydrogen-bond acceptors (Lipinski definition) is 6. The number of benzene rings is 3. The number of aryl methyl sites for hydroxylation is 1. The van der Waals surface area contributed by atoms with Crippen molar-refractivity contribution in [2.75, 3.05) is 13.7 Å². The summed E-state index contributed by atoms with van der Waals surface area (Å²) in [6, 6.07) is 20.5. The SMILES string of the molecule is CCCCCCCOc1ccc(C(=O)Oc2ccc(CCC(=O)O)cc2)cc1.COc1ccc(C(N)=O)cc1. The second kappa shape index (κ2) is 17.2. The normalized spacial score (nSPS) is 10.1. The number of methoxy groups -OCH3 is 1. The van der Waals surface area contributed by atoms with Crippen LogP contribution in [0, 0.1) is 0 Å². The molecule has 208 valence electrons. The summed E-state index contributed by atoms with van der Waals surface area (Å²) in [5.41, 5.74) is 6.85. The number of primary amides is 1. The maximum absolute atomic E-state index is 12.2. The zero-order valence-corrected chi connectivity index (χ0v) is 22.6. The Labute approximate surface area is 229 Å². The van der Waals surface area contributed by atoms with Crippen molar-refractivity contribution in [2.24, 2.45) is 5.73 Å². The van der Waals surface area contributed by atoms with E-state index >= 15 is 0 Å². The van der Waals surface area contributed by atoms with Crippen LogP contribution in [0.2, 0.25) is 0 Å². The Morgan fingerprint density at radius 1 is 0.744 bits per heavy atom. The van der Waals surface area contributed by atoms with E-state index in [-0.39, 0.29) is 6.42 Å². The van der Waals surface area contributed by atoms with Gasteiger partial charge in [0.05, 0.1) is 19.3 Å². The van der Waals surface area contributed by atoms with E-state index in [2.05, 4.69) is 6.92 Å². The lowest BCUT2D eigenvalue weighted by Gasteiger charge is -2.08. The fourth-order valence-corrected chi connectivity index (χ4v) is 3.48. The lowest BCUT2D eigenvalue weighted by atomic mass is 10.1. The van der Waals surface area contributed by atoms with E-state index in [0.29, 0.717) is 29.9 Å². The first-order chi connectivity index (χ1) is 18.8. The lowest BCUT2D eigenvalue weighted by molar-refractivity contribution is -0.136. The highest BCUT2D eigenvalue weighted by atomic mass is 16.5. The summed E-state index contributed by atoms with van der Waals surface area (Å²) < 4.78 is 16.0. The van der Waals surface area contributed by atoms with Gasteiger partial charge in [-0.1, -0.05) is 44.7 Å². The molecule has 0 heterocycles. The molecule has 0 aliphatic rings. The van der Waals surface area contributed by atoms with Crippen LogP contribution in [0.15, 0.2) is 72.8 Å². The van der Waals surface area contributed by atoms with Crippen LogP contribution >= 0.6 is 0 Å². The Morgan fingerprint density at radius 2 is 1.31 bits per heavy atom. The van der Waals surface area contributed by atoms with Crippen LogP contribution in [0.25, 0.3) is 0 Å². The number of carbonyl (C=O) groups excluding carboxylic acids is 2. The molecule has 1 amide bonds. The number of rotatable bonds is 14. The Morgan fingerprint density at radius 3 is 1.87 bits per heavy atom. The van der Waals surface area contributed by atoms with Crippen LogP contribution < -0.4 is 19.9 Å². The van der Waals surface area contributed by atoms with E-state index in [9.17, 15) is 14.4 Å². The Bertz CT molecular complexity index is 1160. The third kappa shape index (κ3) is 12.2. The largest absolute Gasteiger partial charge is 0.497 e. The van der Waals surface area contributed by atoms with Crippen LogP contribution in [-0.2, 0) is 11.2 Å². The van der Waals surface area contributed by atoms with E-state index in [4.69, 9.17) is 25.1 Å². The van der Waals surface area contributed by atoms with Gasteiger partial charge in [0.2, 0.25) is 5.91 Å². The van der Waals surface area contributed by atoms with Gasteiger partial charge in [-0.2, -0.15) is 0 Å². The minimum absolute atomic E-state index is 0.0757. The predicted molar refractivity (Wildman–Crippen MR) is 150 cm³/mol. The van der Waals surface area contributed by atoms with E-state index < -0.39 is 17.8 Å². The highest BCUT2D eigenvalue weighted by Crippen LogP contribution is 2.18. The monoisotopic (exact) mass is 535 g/mol. The number of carboxylic acids is 1. The predicted octanol–water partition coefficient (Wildman–Crippen LogP) is 6.07. The number of unbranched alkanes of at least 4 members (excludes halogenated alkanes) is 4. The van der Waals surface area contributed by atoms with Crippen molar-refractivity contribution in [1.82, 2.24) is 0 Å². The van der Waals surface area contributed by atoms with Gasteiger partial charge in [-0.25, -0.2) is 4.79 Å². The third-order valence-corrected chi connectivity index (χ3v) is 5.74. The van der Waals surface area contributed by atoms with Crippen LogP contribution in [0.1, 0.15) is 71.7 Å². The molecule has 0 spiro atoms. The number of nitrogens with two attached hydrogens (primary N) is 1. The van der Waals surface area contributed by atoms with Gasteiger partial charge in [0.15, 0.2) is 0 Å². The topological polar surface area (TPSA) is 125 Å². The molecule has 39 heavy (non-hydrogen) atoms. The number of aliphatic carboxylic acids is 1. The smallest absolute Gasteiger partial charge is 0.343 e. The summed E-state index contributed by atoms with van der Waals surface area (Å²) in [6.45, 7) is 2.88. The van der Waals surface area contributed by atoms with Crippen molar-refractivity contribution >= 4 is 17.8 Å². The van der Waals surface area contributed by atoms with Crippen LogP contribution in [0.4, 0.5) is 0 Å². The Kier molecular flexibility index (Phi) is 13.6. The van der Waals surface area contributed by atoms with Gasteiger partial charge in [-0.15, -0.1) is 0 Å². The maximum Gasteiger partial charge on any atom is 0.343 e. The Balaban J connectivity index is 0.000000404. The average molecular weight is 536 g/mol. The van der Waals surface area contributed by atoms with E-state index in [0.717, 1.165) is 23.5 Å². The fourth-order valence-electron chi connectivity index (χ4n) is 3.48. The summed E-state index contributed by atoms with van der Waals surface area (Å²) >= 11 is 0. The molecule has 0 saturated carbocycles. The first-order valence-electron chi connectivity index (χ1n) is 13.0. The molecule has 0 radical (unpaired) electrons. The fraction of sp³-hybridized carbons (Fsp3) is 0.323. The highest BCUT2D eigenvalue weighted by Gasteiger charge is 2.09. The first kappa shape index (κ1) is 30.9. The minimum atomic E-state index is -0.834. The molecule has 0 aromatic heterocycles. The number of carbonyl (C=O) groups is 3. The highest BCUT2D eigenvalue weighted by molar-refractivity contribution is 5.92. The number of esters is 1. The molecule has 0 atom stereocenters. The van der Waals surface area contributed by atoms with Crippen molar-refractivity contribution < 1.29 is 33.7 Å². The van der Waals surface area contributed by atoms with E-state index in [1.54, 1.807) is 79.9 Å². The maximum atomic E-state index is 12.2. The van der Waals surface area contributed by atoms with Gasteiger partial charge in [-0.05, 0) is 79.1 Å². The average Bonchev–Trinajstić information content (AvgIpc) is 2.95. The minimum Gasteiger partial charge on any atom is -0.497 e. The number of hydrogen-bond donors (Lipinski definition) is 2. The molecule has 0 saturated heterocycles. The Hall–Kier alpha value is -4.33. The zero-order chi connectivity index (χ0) is 28.5. The molecular formula is C31H37NO7. The van der Waals surface area contributed by atoms with Crippen molar-refractivity contribution in [2.45, 2.75) is 51.9 Å². The van der Waals surface area contributed by atoms with Crippen LogP contribution in [-0.4, -0.2) is 36.7 Å². The number of amides is 1. The second-order valence-corrected chi connectivity index (χ2v) is 8.81. The van der Waals surface area contributed by atoms with Crippen molar-refractivity contribution in [3.8, 4) is 17.2 Å². The van der Waals surface area contributed by atoms with Gasteiger partial charge in [0.1, 0.15) is 17.2 Å². The third-order valence-electron chi connectivity index (χ3n) is 5.74. The van der Waals surface area contributed by atoms with Crippen LogP contribution in [0.5, 0.6) is 17.2 Å². The van der Waals surface area contributed by atoms with E-state index in [1.807, 2.05) is 0 Å². The molecule has 8 heteroatoms. The summed E-state index contributed by atoms with van der Waals surface area (Å²) in [5, 5.41) is 8.71. The van der Waals surface area contributed by atoms with Gasteiger partial charge in [0.25, 0.3) is 0 Å². The van der Waals surface area contributed by atoms with Crippen molar-refractivity contribution in [3.05, 3.63) is 89.5 Å². The van der Waals surface area contributed by atoms with Crippen molar-refractivity contribution in [3.63, 3.8) is 0 Å². The van der Waals surface area contributed by atoms with Gasteiger partial charge < -0.3 is 25.1 Å². The first-order valence-corrected chi connectivity index (χ1v) is 13.0. The molecule has 3 aromatic rings. The summed E-state index contributed by atoms with van der Waals surface area (Å²) in [5.74, 6) is 0.192. The van der Waals surface area contributed by atoms with Crippen molar-refractivity contribution in [1.29, 1.82) is 0 Å². The molecule has 3 aromatic carbocycles. The summed E-state index contributed by atoms with van der Waals surface area (Å²) in [6.07, 6.45) is 6.47. The molecule has 0 fully saturated rings. The van der Waals surface area contributed by atoms with E-state index in [1.165, 1.54) is 25.7 Å². The van der Waals surface area contributed by atoms with Gasteiger partial charge in [-0.3, -0.25) is 9.59 Å². The molecule has 3 rings (SSSR count).